The first kappa shape index (κ1) is 4.83. The summed E-state index contributed by atoms with van der Waals surface area (Å²) in [6.45, 7) is 0. The van der Waals surface area contributed by atoms with Gasteiger partial charge in [0.15, 0.2) is 5.82 Å². The smallest absolute Gasteiger partial charge is 0.195 e. The lowest BCUT2D eigenvalue weighted by atomic mass is 10.5. The zero-order chi connectivity index (χ0) is 5.82. The van der Waals surface area contributed by atoms with Crippen molar-refractivity contribution < 1.29 is 0 Å². The van der Waals surface area contributed by atoms with Crippen LogP contribution in [0.3, 0.4) is 0 Å². The van der Waals surface area contributed by atoms with Gasteiger partial charge < -0.3 is 0 Å². The highest BCUT2D eigenvalue weighted by Gasteiger charge is 1.81. The molecule has 1 aromatic heterocycles. The summed E-state index contributed by atoms with van der Waals surface area (Å²) in [5.41, 5.74) is 6.47. The number of nitrogens with zero attached hydrogens (tertiary/aromatic N) is 3. The van der Waals surface area contributed by atoms with Crippen molar-refractivity contribution in [1.82, 2.24) is 10.2 Å². The summed E-state index contributed by atoms with van der Waals surface area (Å²) in [6, 6.07) is 3.29. The molecule has 0 aliphatic carbocycles. The number of rotatable bonds is 1. The summed E-state index contributed by atoms with van der Waals surface area (Å²) in [6.07, 6.45) is 1.54. The Bertz CT molecular complexity index is 171. The minimum absolute atomic E-state index is 0.340. The van der Waals surface area contributed by atoms with Crippen molar-refractivity contribution >= 4 is 5.82 Å². The van der Waals surface area contributed by atoms with E-state index in [0.717, 1.165) is 0 Å². The molecule has 40 valence electrons. The number of hydrogen-bond donors (Lipinski definition) is 1. The summed E-state index contributed by atoms with van der Waals surface area (Å²) >= 11 is 0. The quantitative estimate of drug-likeness (QED) is 0.548. The maximum absolute atomic E-state index is 6.47. The van der Waals surface area contributed by atoms with E-state index in [1.807, 2.05) is 0 Å². The van der Waals surface area contributed by atoms with Crippen molar-refractivity contribution in [2.45, 2.75) is 0 Å². The van der Waals surface area contributed by atoms with Gasteiger partial charge in [-0.1, -0.05) is 0 Å². The van der Waals surface area contributed by atoms with Crippen LogP contribution in [0.15, 0.2) is 23.4 Å². The second kappa shape index (κ2) is 2.11. The van der Waals surface area contributed by atoms with E-state index in [2.05, 4.69) is 15.3 Å². The molecular formula is C4H4N4. The van der Waals surface area contributed by atoms with E-state index in [0.29, 0.717) is 5.82 Å². The molecule has 0 bridgehead atoms. The standard InChI is InChI=1S/C4H4N4/c5-7-4-2-1-3-6-8-4/h1-3,5H. The van der Waals surface area contributed by atoms with E-state index in [9.17, 15) is 0 Å². The second-order valence-electron chi connectivity index (χ2n) is 1.19. The molecule has 0 spiro atoms. The summed E-state index contributed by atoms with van der Waals surface area (Å²) in [4.78, 5) is 0. The lowest BCUT2D eigenvalue weighted by molar-refractivity contribution is 0.979. The molecule has 0 unspecified atom stereocenters. The fraction of sp³-hybridized carbons (Fsp3) is 0. The summed E-state index contributed by atoms with van der Waals surface area (Å²) < 4.78 is 0. The molecule has 1 rings (SSSR count). The van der Waals surface area contributed by atoms with Crippen LogP contribution in [0, 0.1) is 5.53 Å². The molecule has 0 atom stereocenters. The van der Waals surface area contributed by atoms with Crippen LogP contribution in [0.2, 0.25) is 0 Å². The van der Waals surface area contributed by atoms with Crippen LogP contribution in [0.4, 0.5) is 5.82 Å². The SMILES string of the molecule is N=Nc1cccnn1. The first-order valence-corrected chi connectivity index (χ1v) is 2.08. The highest BCUT2D eigenvalue weighted by Crippen LogP contribution is 1.99. The normalized spacial score (nSPS) is 8.50. The molecule has 0 fully saturated rings. The first-order chi connectivity index (χ1) is 3.93. The molecule has 0 aromatic carbocycles. The van der Waals surface area contributed by atoms with E-state index >= 15 is 0 Å². The Balaban J connectivity index is 2.99. The molecule has 4 nitrogen and oxygen atoms in total. The van der Waals surface area contributed by atoms with Crippen LogP contribution in [-0.4, -0.2) is 10.2 Å². The minimum Gasteiger partial charge on any atom is -0.203 e. The van der Waals surface area contributed by atoms with Crippen LogP contribution in [-0.2, 0) is 0 Å². The third kappa shape index (κ3) is 0.841. The maximum atomic E-state index is 6.47. The van der Waals surface area contributed by atoms with E-state index in [1.165, 1.54) is 6.20 Å². The van der Waals surface area contributed by atoms with Crippen LogP contribution in [0.25, 0.3) is 0 Å². The minimum atomic E-state index is 0.340. The van der Waals surface area contributed by atoms with Crippen molar-refractivity contribution in [2.24, 2.45) is 5.11 Å². The average molecular weight is 108 g/mol. The van der Waals surface area contributed by atoms with Crippen molar-refractivity contribution in [2.75, 3.05) is 0 Å². The second-order valence-corrected chi connectivity index (χ2v) is 1.19. The zero-order valence-electron chi connectivity index (χ0n) is 4.07. The highest BCUT2D eigenvalue weighted by molar-refractivity contribution is 5.20. The average Bonchev–Trinajstić information content (AvgIpc) is 1.90. The lowest BCUT2D eigenvalue weighted by Gasteiger charge is -1.80. The Labute approximate surface area is 46.1 Å². The topological polar surface area (TPSA) is 62.0 Å². The Morgan fingerprint density at radius 1 is 1.62 bits per heavy atom. The van der Waals surface area contributed by atoms with Crippen LogP contribution >= 0.6 is 0 Å². The molecule has 0 aliphatic heterocycles. The van der Waals surface area contributed by atoms with E-state index < -0.39 is 0 Å². The van der Waals surface area contributed by atoms with E-state index in [4.69, 9.17) is 5.53 Å². The third-order valence-electron chi connectivity index (χ3n) is 0.673. The van der Waals surface area contributed by atoms with Gasteiger partial charge in [-0.05, 0) is 12.1 Å². The van der Waals surface area contributed by atoms with E-state index in [1.54, 1.807) is 12.1 Å². The molecule has 8 heavy (non-hydrogen) atoms. The van der Waals surface area contributed by atoms with Gasteiger partial charge in [0, 0.05) is 6.20 Å². The van der Waals surface area contributed by atoms with E-state index in [-0.39, 0.29) is 0 Å². The molecule has 0 radical (unpaired) electrons. The summed E-state index contributed by atoms with van der Waals surface area (Å²) in [5, 5.41) is 10.0. The van der Waals surface area contributed by atoms with Crippen molar-refractivity contribution in [3.8, 4) is 0 Å². The largest absolute Gasteiger partial charge is 0.203 e. The van der Waals surface area contributed by atoms with Crippen LogP contribution < -0.4 is 0 Å². The fourth-order valence-corrected chi connectivity index (χ4v) is 0.353. The predicted octanol–water partition coefficient (Wildman–Crippen LogP) is 1.14. The molecule has 0 saturated carbocycles. The van der Waals surface area contributed by atoms with Gasteiger partial charge in [-0.25, -0.2) is 5.53 Å². The van der Waals surface area contributed by atoms with Gasteiger partial charge in [0.25, 0.3) is 0 Å². The molecule has 4 heteroatoms. The molecule has 1 N–H and O–H groups in total. The highest BCUT2D eigenvalue weighted by atomic mass is 15.2. The van der Waals surface area contributed by atoms with Crippen molar-refractivity contribution in [3.05, 3.63) is 18.3 Å². The summed E-state index contributed by atoms with van der Waals surface area (Å²) in [5.74, 6) is 0.340. The zero-order valence-corrected chi connectivity index (χ0v) is 4.07. The summed E-state index contributed by atoms with van der Waals surface area (Å²) in [7, 11) is 0. The van der Waals surface area contributed by atoms with Gasteiger partial charge in [-0.15, -0.1) is 10.2 Å². The van der Waals surface area contributed by atoms with Crippen LogP contribution in [0.5, 0.6) is 0 Å². The Morgan fingerprint density at radius 2 is 2.50 bits per heavy atom. The molecule has 0 saturated heterocycles. The van der Waals surface area contributed by atoms with Crippen molar-refractivity contribution in [3.63, 3.8) is 0 Å². The molecule has 1 heterocycles. The lowest BCUT2D eigenvalue weighted by Crippen LogP contribution is -1.74. The molecule has 0 amide bonds. The maximum Gasteiger partial charge on any atom is 0.195 e. The number of aromatic nitrogens is 2. The number of hydrogen-bond acceptors (Lipinski definition) is 4. The van der Waals surface area contributed by atoms with Gasteiger partial charge in [0.1, 0.15) is 0 Å². The van der Waals surface area contributed by atoms with Gasteiger partial charge in [-0.2, -0.15) is 5.10 Å². The molecule has 1 aromatic rings. The third-order valence-corrected chi connectivity index (χ3v) is 0.673. The van der Waals surface area contributed by atoms with Gasteiger partial charge in [0.05, 0.1) is 0 Å². The Morgan fingerprint density at radius 3 is 2.88 bits per heavy atom. The van der Waals surface area contributed by atoms with Crippen LogP contribution in [0.1, 0.15) is 0 Å². The van der Waals surface area contributed by atoms with Gasteiger partial charge >= 0.3 is 0 Å². The first-order valence-electron chi connectivity index (χ1n) is 2.08. The predicted molar refractivity (Wildman–Crippen MR) is 26.8 cm³/mol. The van der Waals surface area contributed by atoms with Gasteiger partial charge in [-0.3, -0.25) is 0 Å². The molecule has 0 aliphatic rings. The Hall–Kier alpha value is -1.32. The van der Waals surface area contributed by atoms with Gasteiger partial charge in [0.2, 0.25) is 0 Å². The van der Waals surface area contributed by atoms with Crippen molar-refractivity contribution in [1.29, 1.82) is 5.53 Å². The molecular weight excluding hydrogens is 104 g/mol. The number of nitrogens with one attached hydrogen (secondary N) is 1. The monoisotopic (exact) mass is 108 g/mol. The fourth-order valence-electron chi connectivity index (χ4n) is 0.353. The Kier molecular flexibility index (Phi) is 1.27.